The van der Waals surface area contributed by atoms with Crippen LogP contribution in [0.2, 0.25) is 0 Å². The summed E-state index contributed by atoms with van der Waals surface area (Å²) in [6.07, 6.45) is 7.37. The Bertz CT molecular complexity index is 1170. The Labute approximate surface area is 179 Å². The first-order chi connectivity index (χ1) is 14.7. The lowest BCUT2D eigenvalue weighted by molar-refractivity contribution is -0.645. The number of carbonyl (C=O) groups is 1. The van der Waals surface area contributed by atoms with Gasteiger partial charge >= 0.3 is 5.91 Å². The second kappa shape index (κ2) is 9.26. The van der Waals surface area contributed by atoms with E-state index in [1.807, 2.05) is 24.3 Å². The number of hydrogen-bond acceptors (Lipinski definition) is 5. The van der Waals surface area contributed by atoms with Crippen LogP contribution in [0.15, 0.2) is 48.5 Å². The molecule has 0 unspecified atom stereocenters. The van der Waals surface area contributed by atoms with Crippen molar-refractivity contribution in [3.8, 4) is 5.75 Å². The Morgan fingerprint density at radius 1 is 1.10 bits per heavy atom. The molecule has 0 fully saturated rings. The summed E-state index contributed by atoms with van der Waals surface area (Å²) in [6.45, 7) is 2.93. The van der Waals surface area contributed by atoms with E-state index in [2.05, 4.69) is 12.1 Å². The summed E-state index contributed by atoms with van der Waals surface area (Å²) in [6, 6.07) is 14.6. The van der Waals surface area contributed by atoms with Crippen molar-refractivity contribution in [1.29, 1.82) is 0 Å². The maximum absolute atomic E-state index is 13.0. The number of hydrogen-bond donors (Lipinski definition) is 0. The van der Waals surface area contributed by atoms with Gasteiger partial charge in [-0.15, -0.1) is 16.2 Å². The van der Waals surface area contributed by atoms with Gasteiger partial charge in [0.1, 0.15) is 15.8 Å². The molecule has 7 heteroatoms. The van der Waals surface area contributed by atoms with Crippen LogP contribution in [0, 0.1) is 5.21 Å². The first-order valence-corrected chi connectivity index (χ1v) is 11.3. The highest BCUT2D eigenvalue weighted by Crippen LogP contribution is 2.30. The van der Waals surface area contributed by atoms with Gasteiger partial charge in [0.05, 0.1) is 6.61 Å². The van der Waals surface area contributed by atoms with Crippen LogP contribution < -0.4 is 9.58 Å². The number of ether oxygens (including phenoxy) is 1. The lowest BCUT2D eigenvalue weighted by Crippen LogP contribution is -2.30. The molecule has 0 saturated carbocycles. The molecule has 156 valence electrons. The van der Waals surface area contributed by atoms with Gasteiger partial charge in [-0.2, -0.15) is 0 Å². The van der Waals surface area contributed by atoms with Crippen molar-refractivity contribution in [2.75, 3.05) is 6.61 Å². The summed E-state index contributed by atoms with van der Waals surface area (Å²) >= 11 is 1.39. The van der Waals surface area contributed by atoms with Crippen molar-refractivity contribution in [2.45, 2.75) is 45.4 Å². The van der Waals surface area contributed by atoms with Crippen molar-refractivity contribution in [3.63, 3.8) is 0 Å². The fourth-order valence-electron chi connectivity index (χ4n) is 3.53. The van der Waals surface area contributed by atoms with Crippen molar-refractivity contribution < 1.29 is 14.4 Å². The van der Waals surface area contributed by atoms with Crippen molar-refractivity contribution in [1.82, 2.24) is 9.90 Å². The largest absolute Gasteiger partial charge is 0.691 e. The highest BCUT2D eigenvalue weighted by molar-refractivity contribution is 7.20. The van der Waals surface area contributed by atoms with Crippen LogP contribution >= 0.6 is 11.3 Å². The molecule has 2 aromatic carbocycles. The number of fused-ring (bicyclic) bond motifs is 2. The lowest BCUT2D eigenvalue weighted by Gasteiger charge is -2.06. The van der Waals surface area contributed by atoms with Crippen LogP contribution in [-0.2, 0) is 0 Å². The molecule has 2 heterocycles. The van der Waals surface area contributed by atoms with Crippen molar-refractivity contribution >= 4 is 38.4 Å². The molecule has 0 aliphatic carbocycles. The molecule has 0 saturated heterocycles. The van der Waals surface area contributed by atoms with E-state index in [1.54, 1.807) is 24.3 Å². The van der Waals surface area contributed by atoms with E-state index in [1.165, 1.54) is 48.1 Å². The normalized spacial score (nSPS) is 11.4. The topological polar surface area (TPSA) is 71.1 Å². The summed E-state index contributed by atoms with van der Waals surface area (Å²) in [7, 11) is 0. The zero-order valence-corrected chi connectivity index (χ0v) is 17.9. The van der Waals surface area contributed by atoms with E-state index < -0.39 is 0 Å². The minimum Gasteiger partial charge on any atom is -0.691 e. The predicted molar refractivity (Wildman–Crippen MR) is 119 cm³/mol. The van der Waals surface area contributed by atoms with Gasteiger partial charge in [0.15, 0.2) is 0 Å². The number of rotatable bonds is 9. The van der Waals surface area contributed by atoms with E-state index in [0.29, 0.717) is 27.4 Å². The molecule has 0 atom stereocenters. The molecule has 0 aliphatic heterocycles. The smallest absolute Gasteiger partial charge is 0.376 e. The number of carbonyl (C=O) groups excluding carboxylic acids is 1. The SMILES string of the molecule is CCCCCCCCOc1ccc2sc(C(=O)n3n[n+]([O-])c4ccccc43)cc2c1. The van der Waals surface area contributed by atoms with Crippen LogP contribution in [0.5, 0.6) is 5.75 Å². The molecule has 0 aliphatic rings. The van der Waals surface area contributed by atoms with E-state index in [4.69, 9.17) is 4.74 Å². The third-order valence-corrected chi connectivity index (χ3v) is 6.25. The van der Waals surface area contributed by atoms with Gasteiger partial charge in [-0.3, -0.25) is 0 Å². The molecule has 0 N–H and O–H groups in total. The molecule has 6 nitrogen and oxygen atoms in total. The molecule has 0 radical (unpaired) electrons. The number of nitrogens with zero attached hydrogens (tertiary/aromatic N) is 3. The summed E-state index contributed by atoms with van der Waals surface area (Å²) in [4.78, 5) is 14.0. The maximum Gasteiger partial charge on any atom is 0.376 e. The first kappa shape index (κ1) is 20.3. The minimum atomic E-state index is -0.309. The Hall–Kier alpha value is -2.93. The van der Waals surface area contributed by atoms with E-state index in [0.717, 1.165) is 22.3 Å². The van der Waals surface area contributed by atoms with Gasteiger partial charge in [-0.25, -0.2) is 4.79 Å². The van der Waals surface area contributed by atoms with Crippen LogP contribution in [0.3, 0.4) is 0 Å². The molecule has 0 spiro atoms. The molecular weight excluding hydrogens is 398 g/mol. The van der Waals surface area contributed by atoms with Gasteiger partial charge in [0, 0.05) is 4.70 Å². The number of benzene rings is 2. The number of aromatic nitrogens is 3. The van der Waals surface area contributed by atoms with Crippen LogP contribution in [0.1, 0.15) is 55.1 Å². The number of unbranched alkanes of at least 4 members (excludes halogenated alkanes) is 5. The molecule has 4 aromatic rings. The quantitative estimate of drug-likeness (QED) is 0.208. The molecular formula is C23H25N3O3S. The maximum atomic E-state index is 13.0. The van der Waals surface area contributed by atoms with E-state index >= 15 is 0 Å². The average Bonchev–Trinajstić information content (AvgIpc) is 3.34. The first-order valence-electron chi connectivity index (χ1n) is 10.5. The Morgan fingerprint density at radius 2 is 1.90 bits per heavy atom. The van der Waals surface area contributed by atoms with Crippen molar-refractivity contribution in [2.24, 2.45) is 0 Å². The molecule has 30 heavy (non-hydrogen) atoms. The Balaban J connectivity index is 1.45. The zero-order valence-electron chi connectivity index (χ0n) is 17.0. The van der Waals surface area contributed by atoms with Gasteiger partial charge < -0.3 is 9.94 Å². The third-order valence-electron chi connectivity index (χ3n) is 5.14. The van der Waals surface area contributed by atoms with Gasteiger partial charge in [0.25, 0.3) is 0 Å². The van der Waals surface area contributed by atoms with Gasteiger partial charge in [-0.05, 0) is 48.2 Å². The summed E-state index contributed by atoms with van der Waals surface area (Å²) in [5, 5.41) is 16.8. The van der Waals surface area contributed by atoms with Crippen molar-refractivity contribution in [3.05, 3.63) is 58.6 Å². The van der Waals surface area contributed by atoms with E-state index in [-0.39, 0.29) is 5.91 Å². The van der Waals surface area contributed by atoms with Gasteiger partial charge in [-0.1, -0.05) is 55.8 Å². The summed E-state index contributed by atoms with van der Waals surface area (Å²) in [5.41, 5.74) is 0.871. The Kier molecular flexibility index (Phi) is 6.28. The monoisotopic (exact) mass is 423 g/mol. The average molecular weight is 424 g/mol. The predicted octanol–water partition coefficient (Wildman–Crippen LogP) is 5.31. The zero-order chi connectivity index (χ0) is 20.9. The standard InChI is InChI=1S/C23H25N3O3S/c1-2-3-4-5-6-9-14-29-18-12-13-21-17(15-18)16-22(30-21)23(27)25-19-10-7-8-11-20(19)26(28)24-25/h7-8,10-13,15-16H,2-6,9,14H2,1H3. The highest BCUT2D eigenvalue weighted by Gasteiger charge is 2.24. The summed E-state index contributed by atoms with van der Waals surface area (Å²) in [5.74, 6) is 0.506. The van der Waals surface area contributed by atoms with Crippen LogP contribution in [0.25, 0.3) is 21.1 Å². The molecule has 2 aromatic heterocycles. The number of thiophene rings is 1. The second-order valence-corrected chi connectivity index (χ2v) is 8.48. The fourth-order valence-corrected chi connectivity index (χ4v) is 4.49. The summed E-state index contributed by atoms with van der Waals surface area (Å²) < 4.78 is 8.06. The van der Waals surface area contributed by atoms with E-state index in [9.17, 15) is 10.0 Å². The van der Waals surface area contributed by atoms with Crippen LogP contribution in [0.4, 0.5) is 0 Å². The molecule has 4 rings (SSSR count). The fraction of sp³-hybridized carbons (Fsp3) is 0.348. The Morgan fingerprint density at radius 3 is 2.77 bits per heavy atom. The second-order valence-electron chi connectivity index (χ2n) is 7.39. The third kappa shape index (κ3) is 4.31. The molecule has 0 amide bonds. The minimum absolute atomic E-state index is 0.309. The number of para-hydroxylation sites is 2. The highest BCUT2D eigenvalue weighted by atomic mass is 32.1. The van der Waals surface area contributed by atoms with Crippen LogP contribution in [-0.4, -0.2) is 22.4 Å². The lowest BCUT2D eigenvalue weighted by atomic mass is 10.1. The molecule has 0 bridgehead atoms. The van der Waals surface area contributed by atoms with Gasteiger partial charge in [0.2, 0.25) is 11.0 Å².